The van der Waals surface area contributed by atoms with Crippen molar-refractivity contribution in [1.29, 1.82) is 0 Å². The second kappa shape index (κ2) is 9.22. The van der Waals surface area contributed by atoms with Crippen LogP contribution in [0.1, 0.15) is 22.3 Å². The highest BCUT2D eigenvalue weighted by Gasteiger charge is 2.09. The lowest BCUT2D eigenvalue weighted by molar-refractivity contribution is -0.147. The van der Waals surface area contributed by atoms with Crippen molar-refractivity contribution in [3.05, 3.63) is 65.7 Å². The molecule has 0 aromatic heterocycles. The minimum atomic E-state index is -0.430. The van der Waals surface area contributed by atoms with Crippen LogP contribution < -0.4 is 10.6 Å². The lowest BCUT2D eigenvalue weighted by Gasteiger charge is -2.07. The van der Waals surface area contributed by atoms with Crippen molar-refractivity contribution in [1.82, 2.24) is 5.32 Å². The zero-order valence-corrected chi connectivity index (χ0v) is 14.0. The molecule has 0 aliphatic carbocycles. The van der Waals surface area contributed by atoms with E-state index < -0.39 is 11.9 Å². The molecule has 0 radical (unpaired) electrons. The van der Waals surface area contributed by atoms with Crippen LogP contribution in [0.5, 0.6) is 0 Å². The molecule has 2 amide bonds. The van der Waals surface area contributed by atoms with Crippen LogP contribution in [0, 0.1) is 0 Å². The number of nitrogens with one attached hydrogen (secondary N) is 2. The van der Waals surface area contributed by atoms with Crippen molar-refractivity contribution in [2.24, 2.45) is 0 Å². The van der Waals surface area contributed by atoms with Crippen LogP contribution >= 0.6 is 0 Å². The van der Waals surface area contributed by atoms with Crippen LogP contribution in [0.25, 0.3) is 0 Å². The van der Waals surface area contributed by atoms with E-state index in [4.69, 9.17) is 4.74 Å². The standard InChI is InChI=1S/C19H20N2O4/c1-20-19(24)15-8-10-16(11-9-15)21-17(22)13-25-18(23)12-7-14-5-3-2-4-6-14/h2-6,8-11H,7,12-13H2,1H3,(H,20,24)(H,21,22). The second-order valence-corrected chi connectivity index (χ2v) is 5.35. The van der Waals surface area contributed by atoms with Crippen LogP contribution in [-0.4, -0.2) is 31.4 Å². The third kappa shape index (κ3) is 6.10. The van der Waals surface area contributed by atoms with Gasteiger partial charge in [-0.1, -0.05) is 30.3 Å². The molecule has 2 aromatic rings. The Bertz CT molecular complexity index is 727. The number of anilines is 1. The molecule has 2 rings (SSSR count). The van der Waals surface area contributed by atoms with Gasteiger partial charge in [0.05, 0.1) is 0 Å². The number of esters is 1. The monoisotopic (exact) mass is 340 g/mol. The Morgan fingerprint density at radius 3 is 2.28 bits per heavy atom. The number of hydrogen-bond donors (Lipinski definition) is 2. The fraction of sp³-hybridized carbons (Fsp3) is 0.211. The summed E-state index contributed by atoms with van der Waals surface area (Å²) in [6, 6.07) is 16.0. The van der Waals surface area contributed by atoms with Crippen LogP contribution in [0.15, 0.2) is 54.6 Å². The highest BCUT2D eigenvalue weighted by Crippen LogP contribution is 2.09. The molecule has 0 aliphatic rings. The fourth-order valence-electron chi connectivity index (χ4n) is 2.16. The summed E-state index contributed by atoms with van der Waals surface area (Å²) in [6.45, 7) is -0.342. The van der Waals surface area contributed by atoms with Crippen molar-refractivity contribution >= 4 is 23.5 Å². The Balaban J connectivity index is 1.73. The van der Waals surface area contributed by atoms with Gasteiger partial charge in [-0.25, -0.2) is 0 Å². The van der Waals surface area contributed by atoms with E-state index in [2.05, 4.69) is 10.6 Å². The van der Waals surface area contributed by atoms with E-state index in [0.717, 1.165) is 5.56 Å². The maximum Gasteiger partial charge on any atom is 0.306 e. The highest BCUT2D eigenvalue weighted by atomic mass is 16.5. The topological polar surface area (TPSA) is 84.5 Å². The van der Waals surface area contributed by atoms with E-state index >= 15 is 0 Å². The predicted octanol–water partition coefficient (Wildman–Crippen LogP) is 2.16. The molecule has 0 heterocycles. The number of ether oxygens (including phenoxy) is 1. The van der Waals surface area contributed by atoms with E-state index in [1.807, 2.05) is 30.3 Å². The summed E-state index contributed by atoms with van der Waals surface area (Å²) in [5, 5.41) is 5.12. The Hall–Kier alpha value is -3.15. The summed E-state index contributed by atoms with van der Waals surface area (Å²) in [4.78, 5) is 34.9. The molecule has 0 fully saturated rings. The zero-order valence-electron chi connectivity index (χ0n) is 14.0. The molecule has 6 nitrogen and oxygen atoms in total. The van der Waals surface area contributed by atoms with Gasteiger partial charge in [0, 0.05) is 24.7 Å². The third-order valence-corrected chi connectivity index (χ3v) is 3.48. The van der Waals surface area contributed by atoms with Crippen molar-refractivity contribution in [3.63, 3.8) is 0 Å². The van der Waals surface area contributed by atoms with Gasteiger partial charge >= 0.3 is 5.97 Å². The molecule has 25 heavy (non-hydrogen) atoms. The minimum Gasteiger partial charge on any atom is -0.456 e. The predicted molar refractivity (Wildman–Crippen MR) is 94.2 cm³/mol. The van der Waals surface area contributed by atoms with Gasteiger partial charge in [-0.15, -0.1) is 0 Å². The van der Waals surface area contributed by atoms with Crippen molar-refractivity contribution < 1.29 is 19.1 Å². The quantitative estimate of drug-likeness (QED) is 0.757. The Morgan fingerprint density at radius 2 is 1.64 bits per heavy atom. The molecule has 0 bridgehead atoms. The first-order valence-electron chi connectivity index (χ1n) is 7.90. The minimum absolute atomic E-state index is 0.203. The van der Waals surface area contributed by atoms with Crippen LogP contribution in [0.3, 0.4) is 0 Å². The molecule has 6 heteroatoms. The smallest absolute Gasteiger partial charge is 0.306 e. The van der Waals surface area contributed by atoms with E-state index in [9.17, 15) is 14.4 Å². The number of carbonyl (C=O) groups is 3. The van der Waals surface area contributed by atoms with Gasteiger partial charge in [0.25, 0.3) is 11.8 Å². The van der Waals surface area contributed by atoms with Crippen molar-refractivity contribution in [2.45, 2.75) is 12.8 Å². The fourth-order valence-corrected chi connectivity index (χ4v) is 2.16. The first-order chi connectivity index (χ1) is 12.1. The zero-order chi connectivity index (χ0) is 18.1. The molecule has 0 atom stereocenters. The molecule has 2 aromatic carbocycles. The Labute approximate surface area is 146 Å². The highest BCUT2D eigenvalue weighted by molar-refractivity contribution is 5.96. The summed E-state index contributed by atoms with van der Waals surface area (Å²) in [5.41, 5.74) is 2.06. The SMILES string of the molecule is CNC(=O)c1ccc(NC(=O)COC(=O)CCc2ccccc2)cc1. The summed E-state index contributed by atoms with van der Waals surface area (Å²) in [6.07, 6.45) is 0.792. The van der Waals surface area contributed by atoms with Gasteiger partial charge in [0.15, 0.2) is 6.61 Å². The van der Waals surface area contributed by atoms with Crippen LogP contribution in [-0.2, 0) is 20.7 Å². The van der Waals surface area contributed by atoms with Crippen LogP contribution in [0.2, 0.25) is 0 Å². The number of rotatable bonds is 7. The molecular formula is C19H20N2O4. The maximum absolute atomic E-state index is 11.8. The van der Waals surface area contributed by atoms with E-state index in [1.165, 1.54) is 0 Å². The molecule has 0 aliphatic heterocycles. The average Bonchev–Trinajstić information content (AvgIpc) is 2.65. The lowest BCUT2D eigenvalue weighted by atomic mass is 10.1. The number of benzene rings is 2. The lowest BCUT2D eigenvalue weighted by Crippen LogP contribution is -2.21. The van der Waals surface area contributed by atoms with Gasteiger partial charge < -0.3 is 15.4 Å². The van der Waals surface area contributed by atoms with Gasteiger partial charge in [0.1, 0.15) is 0 Å². The Kier molecular flexibility index (Phi) is 6.71. The normalized spacial score (nSPS) is 9.96. The summed E-state index contributed by atoms with van der Waals surface area (Å²) in [5.74, 6) is -1.06. The molecule has 2 N–H and O–H groups in total. The number of amides is 2. The molecule has 0 saturated heterocycles. The molecule has 0 saturated carbocycles. The van der Waals surface area contributed by atoms with Gasteiger partial charge in [0.2, 0.25) is 0 Å². The Morgan fingerprint density at radius 1 is 0.960 bits per heavy atom. The van der Waals surface area contributed by atoms with E-state index in [-0.39, 0.29) is 18.9 Å². The second-order valence-electron chi connectivity index (χ2n) is 5.35. The van der Waals surface area contributed by atoms with E-state index in [1.54, 1.807) is 31.3 Å². The molecule has 0 spiro atoms. The largest absolute Gasteiger partial charge is 0.456 e. The first-order valence-corrected chi connectivity index (χ1v) is 7.90. The van der Waals surface area contributed by atoms with Gasteiger partial charge in [-0.05, 0) is 36.2 Å². The van der Waals surface area contributed by atoms with Crippen LogP contribution in [0.4, 0.5) is 5.69 Å². The molecular weight excluding hydrogens is 320 g/mol. The summed E-state index contributed by atoms with van der Waals surface area (Å²) in [7, 11) is 1.55. The number of carbonyl (C=O) groups excluding carboxylic acids is 3. The summed E-state index contributed by atoms with van der Waals surface area (Å²) < 4.78 is 4.96. The van der Waals surface area contributed by atoms with Gasteiger partial charge in [-0.3, -0.25) is 14.4 Å². The van der Waals surface area contributed by atoms with Gasteiger partial charge in [-0.2, -0.15) is 0 Å². The van der Waals surface area contributed by atoms with E-state index in [0.29, 0.717) is 17.7 Å². The molecule has 130 valence electrons. The number of hydrogen-bond acceptors (Lipinski definition) is 4. The first kappa shape index (κ1) is 18.2. The third-order valence-electron chi connectivity index (χ3n) is 3.48. The van der Waals surface area contributed by atoms with Crippen molar-refractivity contribution in [2.75, 3.05) is 19.0 Å². The maximum atomic E-state index is 11.8. The number of aryl methyl sites for hydroxylation is 1. The molecule has 0 unspecified atom stereocenters. The average molecular weight is 340 g/mol. The summed E-state index contributed by atoms with van der Waals surface area (Å²) >= 11 is 0. The van der Waals surface area contributed by atoms with Crippen molar-refractivity contribution in [3.8, 4) is 0 Å².